The number of hydrogen-bond acceptors (Lipinski definition) is 4. The number of fused-ring (bicyclic) bond motifs is 4. The van der Waals surface area contributed by atoms with E-state index < -0.39 is 0 Å². The van der Waals surface area contributed by atoms with Gasteiger partial charge in [0, 0.05) is 23.5 Å². The molecular weight excluding hydrogens is 464 g/mol. The quantitative estimate of drug-likeness (QED) is 0.458. The summed E-state index contributed by atoms with van der Waals surface area (Å²) in [6, 6.07) is 15.9. The number of nitrogens with one attached hydrogen (secondary N) is 1. The molecule has 200 valence electrons. The SMILES string of the molecule is CC(C)N(C(=O)Oc1ccc2c(c1)[C@@]1(C)CCCCC[C@@H](C2)[C@@H]1NC(=O)OCc1ccccc1)C(C)C. The number of benzene rings is 2. The molecule has 0 radical (unpaired) electrons. The maximum absolute atomic E-state index is 13.0. The first-order chi connectivity index (χ1) is 17.7. The molecule has 0 saturated heterocycles. The third kappa shape index (κ3) is 6.11. The maximum Gasteiger partial charge on any atom is 0.415 e. The zero-order valence-corrected chi connectivity index (χ0v) is 23.0. The topological polar surface area (TPSA) is 67.9 Å². The second-order valence-electron chi connectivity index (χ2n) is 11.4. The van der Waals surface area contributed by atoms with Crippen molar-refractivity contribution in [1.82, 2.24) is 10.2 Å². The molecule has 2 aliphatic rings. The summed E-state index contributed by atoms with van der Waals surface area (Å²) in [5, 5.41) is 3.27. The van der Waals surface area contributed by atoms with Crippen LogP contribution in [0, 0.1) is 5.92 Å². The van der Waals surface area contributed by atoms with Crippen LogP contribution in [0.25, 0.3) is 0 Å². The van der Waals surface area contributed by atoms with E-state index in [1.165, 1.54) is 24.0 Å². The predicted molar refractivity (Wildman–Crippen MR) is 146 cm³/mol. The molecule has 1 N–H and O–H groups in total. The van der Waals surface area contributed by atoms with Crippen LogP contribution in [0.5, 0.6) is 5.75 Å². The molecule has 1 saturated carbocycles. The van der Waals surface area contributed by atoms with Crippen molar-refractivity contribution in [2.75, 3.05) is 0 Å². The van der Waals surface area contributed by atoms with Gasteiger partial charge in [0.2, 0.25) is 0 Å². The normalized spacial score (nSPS) is 23.0. The number of carbonyl (C=O) groups is 2. The number of amides is 2. The van der Waals surface area contributed by atoms with Gasteiger partial charge >= 0.3 is 12.2 Å². The zero-order chi connectivity index (χ0) is 26.6. The Hall–Kier alpha value is -3.02. The lowest BCUT2D eigenvalue weighted by Crippen LogP contribution is -2.57. The summed E-state index contributed by atoms with van der Waals surface area (Å²) < 4.78 is 11.5. The highest BCUT2D eigenvalue weighted by Gasteiger charge is 2.47. The number of alkyl carbamates (subject to hydrolysis) is 1. The van der Waals surface area contributed by atoms with Crippen molar-refractivity contribution in [3.8, 4) is 5.75 Å². The molecule has 0 aromatic heterocycles. The average Bonchev–Trinajstić information content (AvgIpc) is 2.85. The van der Waals surface area contributed by atoms with Gasteiger partial charge in [-0.25, -0.2) is 9.59 Å². The van der Waals surface area contributed by atoms with Gasteiger partial charge < -0.3 is 19.7 Å². The molecule has 1 fully saturated rings. The molecular formula is C31H42N2O4. The van der Waals surface area contributed by atoms with E-state index in [1.807, 2.05) is 70.2 Å². The van der Waals surface area contributed by atoms with Crippen molar-refractivity contribution < 1.29 is 19.1 Å². The fourth-order valence-electron chi connectivity index (χ4n) is 6.39. The summed E-state index contributed by atoms with van der Waals surface area (Å²) in [4.78, 5) is 27.7. The van der Waals surface area contributed by atoms with Crippen LogP contribution in [0.1, 0.15) is 83.4 Å². The summed E-state index contributed by atoms with van der Waals surface area (Å²) in [5.41, 5.74) is 3.15. The summed E-state index contributed by atoms with van der Waals surface area (Å²) in [6.07, 6.45) is 5.68. The van der Waals surface area contributed by atoms with Gasteiger partial charge in [-0.15, -0.1) is 0 Å². The lowest BCUT2D eigenvalue weighted by atomic mass is 9.59. The minimum atomic E-state index is -0.374. The van der Waals surface area contributed by atoms with E-state index in [2.05, 4.69) is 18.3 Å². The number of rotatable bonds is 6. The van der Waals surface area contributed by atoms with Crippen LogP contribution >= 0.6 is 0 Å². The summed E-state index contributed by atoms with van der Waals surface area (Å²) in [5.74, 6) is 0.898. The minimum Gasteiger partial charge on any atom is -0.445 e. The Balaban J connectivity index is 1.57. The third-order valence-corrected chi connectivity index (χ3v) is 8.12. The second-order valence-corrected chi connectivity index (χ2v) is 11.4. The average molecular weight is 507 g/mol. The molecule has 6 nitrogen and oxygen atoms in total. The lowest BCUT2D eigenvalue weighted by Gasteiger charge is -2.49. The highest BCUT2D eigenvalue weighted by atomic mass is 16.6. The predicted octanol–water partition coefficient (Wildman–Crippen LogP) is 6.99. The maximum atomic E-state index is 13.0. The monoisotopic (exact) mass is 506 g/mol. The number of carbonyl (C=O) groups excluding carboxylic acids is 2. The van der Waals surface area contributed by atoms with Crippen LogP contribution in [0.2, 0.25) is 0 Å². The number of ether oxygens (including phenoxy) is 2. The number of nitrogens with zero attached hydrogens (tertiary/aromatic N) is 1. The molecule has 0 heterocycles. The van der Waals surface area contributed by atoms with Gasteiger partial charge in [0.25, 0.3) is 0 Å². The van der Waals surface area contributed by atoms with E-state index >= 15 is 0 Å². The van der Waals surface area contributed by atoms with E-state index in [-0.39, 0.29) is 42.3 Å². The van der Waals surface area contributed by atoms with Crippen molar-refractivity contribution in [2.24, 2.45) is 5.92 Å². The molecule has 0 aliphatic heterocycles. The Morgan fingerprint density at radius 3 is 2.46 bits per heavy atom. The molecule has 0 unspecified atom stereocenters. The standard InChI is InChI=1S/C31H42N2O4/c1-21(2)33(22(3)4)30(35)37-26-16-15-24-18-25-14-10-7-11-17-31(5,27(24)19-26)28(25)32-29(34)36-20-23-12-8-6-9-13-23/h6,8-9,12-13,15-16,19,21-22,25,28H,7,10-11,14,17-18,20H2,1-5H3,(H,32,34)/t25-,28-,31+/m0/s1. The van der Waals surface area contributed by atoms with E-state index in [9.17, 15) is 9.59 Å². The Labute approximate surface area is 221 Å². The van der Waals surface area contributed by atoms with Gasteiger partial charge in [0.05, 0.1) is 0 Å². The molecule has 2 aliphatic carbocycles. The summed E-state index contributed by atoms with van der Waals surface area (Å²) >= 11 is 0. The van der Waals surface area contributed by atoms with E-state index in [1.54, 1.807) is 4.90 Å². The smallest absolute Gasteiger partial charge is 0.415 e. The fraction of sp³-hybridized carbons (Fsp3) is 0.548. The molecule has 4 rings (SSSR count). The van der Waals surface area contributed by atoms with Crippen molar-refractivity contribution in [3.63, 3.8) is 0 Å². The van der Waals surface area contributed by atoms with Crippen LogP contribution in [-0.2, 0) is 23.2 Å². The molecule has 0 spiro atoms. The molecule has 2 aromatic rings. The van der Waals surface area contributed by atoms with Crippen molar-refractivity contribution in [2.45, 2.75) is 103 Å². The van der Waals surface area contributed by atoms with Crippen molar-refractivity contribution >= 4 is 12.2 Å². The van der Waals surface area contributed by atoms with Crippen LogP contribution in [0.3, 0.4) is 0 Å². The first-order valence-corrected chi connectivity index (χ1v) is 13.8. The van der Waals surface area contributed by atoms with Gasteiger partial charge in [-0.1, -0.05) is 62.6 Å². The van der Waals surface area contributed by atoms with E-state index in [0.29, 0.717) is 11.7 Å². The Kier molecular flexibility index (Phi) is 8.46. The highest BCUT2D eigenvalue weighted by Crippen LogP contribution is 2.47. The lowest BCUT2D eigenvalue weighted by molar-refractivity contribution is 0.109. The van der Waals surface area contributed by atoms with Crippen LogP contribution in [0.4, 0.5) is 9.59 Å². The molecule has 2 amide bonds. The minimum absolute atomic E-state index is 0.0441. The molecule has 3 atom stereocenters. The second kappa shape index (κ2) is 11.6. The van der Waals surface area contributed by atoms with Gasteiger partial charge in [-0.05, 0) is 81.7 Å². The van der Waals surface area contributed by atoms with Gasteiger partial charge in [-0.3, -0.25) is 0 Å². The Morgan fingerprint density at radius 2 is 1.76 bits per heavy atom. The fourth-order valence-corrected chi connectivity index (χ4v) is 6.39. The molecule has 2 aromatic carbocycles. The van der Waals surface area contributed by atoms with Gasteiger partial charge in [0.15, 0.2) is 0 Å². The first-order valence-electron chi connectivity index (χ1n) is 13.8. The van der Waals surface area contributed by atoms with Gasteiger partial charge in [-0.2, -0.15) is 0 Å². The van der Waals surface area contributed by atoms with Crippen LogP contribution in [-0.4, -0.2) is 35.2 Å². The summed E-state index contributed by atoms with van der Waals surface area (Å²) in [7, 11) is 0. The Morgan fingerprint density at radius 1 is 1.03 bits per heavy atom. The summed E-state index contributed by atoms with van der Waals surface area (Å²) in [6.45, 7) is 10.5. The van der Waals surface area contributed by atoms with Crippen molar-refractivity contribution in [3.05, 3.63) is 65.2 Å². The molecule has 2 bridgehead atoms. The zero-order valence-electron chi connectivity index (χ0n) is 23.0. The highest BCUT2D eigenvalue weighted by molar-refractivity contribution is 5.72. The molecule has 6 heteroatoms. The third-order valence-electron chi connectivity index (χ3n) is 8.12. The molecule has 37 heavy (non-hydrogen) atoms. The number of hydrogen-bond donors (Lipinski definition) is 1. The largest absolute Gasteiger partial charge is 0.445 e. The van der Waals surface area contributed by atoms with Crippen molar-refractivity contribution in [1.29, 1.82) is 0 Å². The van der Waals surface area contributed by atoms with Crippen LogP contribution in [0.15, 0.2) is 48.5 Å². The Bertz CT molecular complexity index is 1080. The van der Waals surface area contributed by atoms with E-state index in [4.69, 9.17) is 9.47 Å². The van der Waals surface area contributed by atoms with Crippen LogP contribution < -0.4 is 10.1 Å². The first kappa shape index (κ1) is 27.0. The van der Waals surface area contributed by atoms with E-state index in [0.717, 1.165) is 31.2 Å². The van der Waals surface area contributed by atoms with Gasteiger partial charge in [0.1, 0.15) is 12.4 Å².